The SMILES string of the molecule is CC(C)(C)CC(C)(C)c1ccc(OCC2CCC(CO)O2)c(OCC2CCC(CO)O2)c1. The highest BCUT2D eigenvalue weighted by Crippen LogP contribution is 2.40. The summed E-state index contributed by atoms with van der Waals surface area (Å²) in [5, 5.41) is 18.6. The van der Waals surface area contributed by atoms with Crippen LogP contribution in [-0.4, -0.2) is 61.1 Å². The van der Waals surface area contributed by atoms with Gasteiger partial charge >= 0.3 is 0 Å². The monoisotopic (exact) mass is 450 g/mol. The zero-order chi connectivity index (χ0) is 23.4. The molecule has 0 spiro atoms. The van der Waals surface area contributed by atoms with Gasteiger partial charge in [-0.2, -0.15) is 0 Å². The van der Waals surface area contributed by atoms with E-state index in [9.17, 15) is 10.2 Å². The molecule has 6 heteroatoms. The molecule has 182 valence electrons. The molecular weight excluding hydrogens is 408 g/mol. The maximum absolute atomic E-state index is 9.33. The number of hydrogen-bond acceptors (Lipinski definition) is 6. The van der Waals surface area contributed by atoms with Gasteiger partial charge in [0.05, 0.1) is 37.6 Å². The Morgan fingerprint density at radius 2 is 1.28 bits per heavy atom. The quantitative estimate of drug-likeness (QED) is 0.555. The second kappa shape index (κ2) is 10.7. The van der Waals surface area contributed by atoms with Crippen LogP contribution in [0, 0.1) is 5.41 Å². The van der Waals surface area contributed by atoms with Gasteiger partial charge in [-0.15, -0.1) is 0 Å². The zero-order valence-electron chi connectivity index (χ0n) is 20.4. The minimum Gasteiger partial charge on any atom is -0.487 e. The highest BCUT2D eigenvalue weighted by Gasteiger charge is 2.30. The fourth-order valence-electron chi connectivity index (χ4n) is 5.03. The van der Waals surface area contributed by atoms with E-state index in [1.807, 2.05) is 6.07 Å². The standard InChI is InChI=1S/C26H42O6/c1-25(2,3)17-26(4,5)18-6-11-23(29-15-21-9-7-19(13-27)31-21)24(12-18)30-16-22-10-8-20(14-28)32-22/h6,11-12,19-22,27-28H,7-10,13-17H2,1-5H3. The van der Waals surface area contributed by atoms with Crippen LogP contribution in [0.15, 0.2) is 18.2 Å². The molecule has 4 atom stereocenters. The number of rotatable bonds is 10. The predicted octanol–water partition coefficient (Wildman–Crippen LogP) is 4.24. The number of ether oxygens (including phenoxy) is 4. The fraction of sp³-hybridized carbons (Fsp3) is 0.769. The third kappa shape index (κ3) is 7.08. The lowest BCUT2D eigenvalue weighted by molar-refractivity contribution is -0.0114. The van der Waals surface area contributed by atoms with Gasteiger partial charge in [0.15, 0.2) is 11.5 Å². The minimum absolute atomic E-state index is 0.0103. The Bertz CT molecular complexity index is 726. The number of aliphatic hydroxyl groups is 2. The third-order valence-corrected chi connectivity index (χ3v) is 6.35. The molecular formula is C26H42O6. The molecule has 6 nitrogen and oxygen atoms in total. The van der Waals surface area contributed by atoms with Crippen molar-refractivity contribution in [2.75, 3.05) is 26.4 Å². The fourth-order valence-corrected chi connectivity index (χ4v) is 5.03. The molecule has 1 aromatic rings. The van der Waals surface area contributed by atoms with Gasteiger partial charge in [-0.1, -0.05) is 40.7 Å². The summed E-state index contributed by atoms with van der Waals surface area (Å²) in [6.07, 6.45) is 4.33. The van der Waals surface area contributed by atoms with E-state index in [4.69, 9.17) is 18.9 Å². The molecule has 2 fully saturated rings. The van der Waals surface area contributed by atoms with Crippen molar-refractivity contribution in [2.24, 2.45) is 5.41 Å². The van der Waals surface area contributed by atoms with Gasteiger partial charge in [-0.05, 0) is 60.6 Å². The Balaban J connectivity index is 1.72. The average Bonchev–Trinajstić information content (AvgIpc) is 3.38. The minimum atomic E-state index is -0.0876. The molecule has 4 unspecified atom stereocenters. The Hall–Kier alpha value is -1.34. The number of hydrogen-bond donors (Lipinski definition) is 2. The summed E-state index contributed by atoms with van der Waals surface area (Å²) in [7, 11) is 0. The molecule has 0 aromatic heterocycles. The van der Waals surface area contributed by atoms with Crippen molar-refractivity contribution in [1.29, 1.82) is 0 Å². The van der Waals surface area contributed by atoms with Crippen LogP contribution in [0.2, 0.25) is 0 Å². The van der Waals surface area contributed by atoms with Crippen LogP contribution in [0.4, 0.5) is 0 Å². The molecule has 3 rings (SSSR count). The van der Waals surface area contributed by atoms with Crippen LogP contribution in [0.3, 0.4) is 0 Å². The first kappa shape index (κ1) is 25.3. The van der Waals surface area contributed by atoms with Crippen molar-refractivity contribution in [3.63, 3.8) is 0 Å². The topological polar surface area (TPSA) is 77.4 Å². The Kier molecular flexibility index (Phi) is 8.48. The Morgan fingerprint density at radius 3 is 1.75 bits per heavy atom. The Labute approximate surface area is 193 Å². The van der Waals surface area contributed by atoms with E-state index >= 15 is 0 Å². The van der Waals surface area contributed by atoms with Crippen molar-refractivity contribution in [1.82, 2.24) is 0 Å². The second-order valence-corrected chi connectivity index (χ2v) is 11.2. The van der Waals surface area contributed by atoms with Crippen LogP contribution >= 0.6 is 0 Å². The van der Waals surface area contributed by atoms with Gasteiger partial charge in [-0.3, -0.25) is 0 Å². The van der Waals surface area contributed by atoms with E-state index in [-0.39, 0.29) is 48.5 Å². The lowest BCUT2D eigenvalue weighted by Gasteiger charge is -2.33. The van der Waals surface area contributed by atoms with Crippen LogP contribution in [0.25, 0.3) is 0 Å². The van der Waals surface area contributed by atoms with E-state index in [0.717, 1.165) is 37.9 Å². The van der Waals surface area contributed by atoms with E-state index in [1.165, 1.54) is 5.56 Å². The lowest BCUT2D eigenvalue weighted by Crippen LogP contribution is -2.25. The van der Waals surface area contributed by atoms with Crippen LogP contribution < -0.4 is 9.47 Å². The van der Waals surface area contributed by atoms with E-state index in [2.05, 4.69) is 46.8 Å². The maximum atomic E-state index is 9.33. The molecule has 1 aromatic carbocycles. The normalized spacial score (nSPS) is 26.5. The van der Waals surface area contributed by atoms with Crippen LogP contribution in [-0.2, 0) is 14.9 Å². The molecule has 2 saturated heterocycles. The third-order valence-electron chi connectivity index (χ3n) is 6.35. The molecule has 0 aliphatic carbocycles. The van der Waals surface area contributed by atoms with Gasteiger partial charge in [0.25, 0.3) is 0 Å². The summed E-state index contributed by atoms with van der Waals surface area (Å²) in [6.45, 7) is 12.3. The second-order valence-electron chi connectivity index (χ2n) is 11.2. The molecule has 2 aliphatic heterocycles. The zero-order valence-corrected chi connectivity index (χ0v) is 20.4. The average molecular weight is 451 g/mol. The van der Waals surface area contributed by atoms with Crippen LogP contribution in [0.1, 0.15) is 72.3 Å². The first-order chi connectivity index (χ1) is 15.1. The van der Waals surface area contributed by atoms with Crippen molar-refractivity contribution in [3.05, 3.63) is 23.8 Å². The smallest absolute Gasteiger partial charge is 0.161 e. The molecule has 0 radical (unpaired) electrons. The largest absolute Gasteiger partial charge is 0.487 e. The van der Waals surface area contributed by atoms with Gasteiger partial charge < -0.3 is 29.2 Å². The molecule has 2 N–H and O–H groups in total. The molecule has 32 heavy (non-hydrogen) atoms. The highest BCUT2D eigenvalue weighted by molar-refractivity contribution is 5.45. The summed E-state index contributed by atoms with van der Waals surface area (Å²) < 4.78 is 24.0. The highest BCUT2D eigenvalue weighted by atomic mass is 16.6. The number of aliphatic hydroxyl groups excluding tert-OH is 2. The number of benzene rings is 1. The van der Waals surface area contributed by atoms with E-state index in [0.29, 0.717) is 19.0 Å². The maximum Gasteiger partial charge on any atom is 0.161 e. The molecule has 0 amide bonds. The molecule has 2 heterocycles. The predicted molar refractivity (Wildman–Crippen MR) is 124 cm³/mol. The summed E-state index contributed by atoms with van der Waals surface area (Å²) in [6, 6.07) is 6.24. The van der Waals surface area contributed by atoms with E-state index in [1.54, 1.807) is 0 Å². The first-order valence-corrected chi connectivity index (χ1v) is 12.0. The summed E-state index contributed by atoms with van der Waals surface area (Å²) >= 11 is 0. The first-order valence-electron chi connectivity index (χ1n) is 12.0. The van der Waals surface area contributed by atoms with E-state index < -0.39 is 0 Å². The lowest BCUT2D eigenvalue weighted by atomic mass is 9.72. The summed E-state index contributed by atoms with van der Waals surface area (Å²) in [5.74, 6) is 1.42. The summed E-state index contributed by atoms with van der Waals surface area (Å²) in [4.78, 5) is 0. The van der Waals surface area contributed by atoms with Gasteiger partial charge in [0, 0.05) is 0 Å². The summed E-state index contributed by atoms with van der Waals surface area (Å²) in [5.41, 5.74) is 1.41. The molecule has 0 saturated carbocycles. The van der Waals surface area contributed by atoms with Gasteiger partial charge in [0.1, 0.15) is 13.2 Å². The molecule has 2 aliphatic rings. The van der Waals surface area contributed by atoms with Crippen LogP contribution in [0.5, 0.6) is 11.5 Å². The van der Waals surface area contributed by atoms with Crippen molar-refractivity contribution in [3.8, 4) is 11.5 Å². The van der Waals surface area contributed by atoms with Crippen molar-refractivity contribution < 1.29 is 29.2 Å². The Morgan fingerprint density at radius 1 is 0.781 bits per heavy atom. The molecule has 0 bridgehead atoms. The van der Waals surface area contributed by atoms with Crippen molar-refractivity contribution in [2.45, 2.75) is 96.6 Å². The van der Waals surface area contributed by atoms with Gasteiger partial charge in [-0.25, -0.2) is 0 Å². The van der Waals surface area contributed by atoms with Gasteiger partial charge in [0.2, 0.25) is 0 Å². The van der Waals surface area contributed by atoms with Crippen molar-refractivity contribution >= 4 is 0 Å².